The normalized spacial score (nSPS) is 8.69. The fourth-order valence-corrected chi connectivity index (χ4v) is 2.14. The lowest BCUT2D eigenvalue weighted by Crippen LogP contribution is -2.02. The SMILES string of the molecule is CC(=O)O.CC(=O)O.CC(=O)O.CC(=O)O.CC(=O)O.O=c1c(O)c(-c2ccc(O)c(O)c2)oc2cc(O)cc(O)c12. The second-order valence-corrected chi connectivity index (χ2v) is 7.25. The van der Waals surface area contributed by atoms with Crippen molar-refractivity contribution in [3.8, 4) is 40.1 Å². The molecule has 232 valence electrons. The minimum absolute atomic E-state index is 0.134. The van der Waals surface area contributed by atoms with Crippen molar-refractivity contribution in [1.82, 2.24) is 0 Å². The number of phenolic OH excluding ortho intramolecular Hbond substituents is 4. The summed E-state index contributed by atoms with van der Waals surface area (Å²) in [6.45, 7) is 5.42. The number of fused-ring (bicyclic) bond motifs is 1. The van der Waals surface area contributed by atoms with Crippen LogP contribution in [-0.4, -0.2) is 80.9 Å². The highest BCUT2D eigenvalue weighted by atomic mass is 16.4. The fraction of sp³-hybridized carbons (Fsp3) is 0.200. The standard InChI is InChI=1S/C15H10O7.5C2H4O2/c16-7-4-10(19)12-11(5-7)22-15(14(21)13(12)20)6-1-2-8(17)9(18)3-6;5*1-2(3)4/h1-5,16-19,21H;5*1H3,(H,3,4). The minimum atomic E-state index is -0.888. The van der Waals surface area contributed by atoms with Gasteiger partial charge in [-0.1, -0.05) is 0 Å². The van der Waals surface area contributed by atoms with Crippen LogP contribution in [0.5, 0.6) is 28.7 Å². The smallest absolute Gasteiger partial charge is 0.300 e. The molecule has 0 aliphatic rings. The van der Waals surface area contributed by atoms with E-state index in [2.05, 4.69) is 0 Å². The number of rotatable bonds is 1. The van der Waals surface area contributed by atoms with Crippen LogP contribution < -0.4 is 5.43 Å². The Labute approximate surface area is 236 Å². The van der Waals surface area contributed by atoms with Crippen molar-refractivity contribution in [2.24, 2.45) is 0 Å². The number of aliphatic carboxylic acids is 5. The van der Waals surface area contributed by atoms with E-state index < -0.39 is 52.5 Å². The number of carbonyl (C=O) groups is 5. The Morgan fingerprint density at radius 3 is 1.31 bits per heavy atom. The number of carboxylic acid groups (broad SMARTS) is 5. The summed E-state index contributed by atoms with van der Waals surface area (Å²) < 4.78 is 5.35. The molecule has 0 atom stereocenters. The Morgan fingerprint density at radius 2 is 0.952 bits per heavy atom. The van der Waals surface area contributed by atoms with Gasteiger partial charge in [-0.2, -0.15) is 0 Å². The zero-order valence-electron chi connectivity index (χ0n) is 22.7. The fourth-order valence-electron chi connectivity index (χ4n) is 2.14. The monoisotopic (exact) mass is 602 g/mol. The molecule has 3 rings (SSSR count). The maximum atomic E-state index is 12.1. The Hall–Kier alpha value is -6.00. The first-order valence-electron chi connectivity index (χ1n) is 10.8. The molecule has 0 aliphatic carbocycles. The molecule has 1 aromatic heterocycles. The van der Waals surface area contributed by atoms with Crippen LogP contribution in [0.3, 0.4) is 0 Å². The summed E-state index contributed by atoms with van der Waals surface area (Å²) in [5, 5.41) is 84.7. The van der Waals surface area contributed by atoms with Crippen molar-refractivity contribution in [3.63, 3.8) is 0 Å². The Kier molecular flexibility index (Phi) is 19.3. The molecule has 1 heterocycles. The van der Waals surface area contributed by atoms with E-state index in [4.69, 9.17) is 53.9 Å². The van der Waals surface area contributed by atoms with E-state index in [0.29, 0.717) is 0 Å². The molecule has 2 aromatic carbocycles. The lowest BCUT2D eigenvalue weighted by molar-refractivity contribution is -0.135. The van der Waals surface area contributed by atoms with Crippen LogP contribution in [0.1, 0.15) is 34.6 Å². The summed E-state index contributed by atoms with van der Waals surface area (Å²) in [5.74, 6) is -6.88. The van der Waals surface area contributed by atoms with Crippen molar-refractivity contribution in [3.05, 3.63) is 40.6 Å². The van der Waals surface area contributed by atoms with Gasteiger partial charge in [0.25, 0.3) is 29.8 Å². The maximum absolute atomic E-state index is 12.1. The third-order valence-electron chi connectivity index (χ3n) is 3.17. The van der Waals surface area contributed by atoms with Gasteiger partial charge in [0.2, 0.25) is 11.2 Å². The zero-order chi connectivity index (χ0) is 33.9. The van der Waals surface area contributed by atoms with Gasteiger partial charge in [0, 0.05) is 52.3 Å². The third-order valence-corrected chi connectivity index (χ3v) is 3.17. The Bertz CT molecular complexity index is 1350. The highest BCUT2D eigenvalue weighted by Crippen LogP contribution is 2.37. The van der Waals surface area contributed by atoms with Gasteiger partial charge in [0.15, 0.2) is 17.3 Å². The van der Waals surface area contributed by atoms with E-state index in [0.717, 1.165) is 58.9 Å². The molecule has 0 radical (unpaired) electrons. The van der Waals surface area contributed by atoms with E-state index in [1.807, 2.05) is 0 Å². The predicted molar refractivity (Wildman–Crippen MR) is 143 cm³/mol. The number of hydrogen-bond donors (Lipinski definition) is 10. The van der Waals surface area contributed by atoms with E-state index >= 15 is 0 Å². The summed E-state index contributed by atoms with van der Waals surface area (Å²) >= 11 is 0. The van der Waals surface area contributed by atoms with E-state index in [1.165, 1.54) is 6.07 Å². The van der Waals surface area contributed by atoms with Gasteiger partial charge >= 0.3 is 0 Å². The average molecular weight is 602 g/mol. The molecular weight excluding hydrogens is 572 g/mol. The lowest BCUT2D eigenvalue weighted by Gasteiger charge is -2.08. The maximum Gasteiger partial charge on any atom is 0.300 e. The molecular formula is C25H30O17. The second-order valence-electron chi connectivity index (χ2n) is 7.25. The predicted octanol–water partition coefficient (Wildman–Crippen LogP) is 2.44. The van der Waals surface area contributed by atoms with Gasteiger partial charge in [-0.3, -0.25) is 28.8 Å². The number of phenols is 4. The molecule has 3 aromatic rings. The molecule has 0 aliphatic heterocycles. The van der Waals surface area contributed by atoms with Gasteiger partial charge in [0.1, 0.15) is 22.5 Å². The molecule has 0 saturated carbocycles. The van der Waals surface area contributed by atoms with Gasteiger partial charge in [-0.15, -0.1) is 0 Å². The summed E-state index contributed by atoms with van der Waals surface area (Å²) in [4.78, 5) is 57.1. The first-order valence-corrected chi connectivity index (χ1v) is 10.8. The van der Waals surface area contributed by atoms with Crippen LogP contribution in [0.4, 0.5) is 0 Å². The summed E-state index contributed by atoms with van der Waals surface area (Å²) in [7, 11) is 0. The van der Waals surface area contributed by atoms with Crippen LogP contribution in [-0.2, 0) is 24.0 Å². The summed E-state index contributed by atoms with van der Waals surface area (Å²) in [5.41, 5.74) is -0.890. The number of carboxylic acids is 5. The molecule has 0 bridgehead atoms. The zero-order valence-corrected chi connectivity index (χ0v) is 22.7. The molecule has 17 nitrogen and oxygen atoms in total. The average Bonchev–Trinajstić information content (AvgIpc) is 2.76. The van der Waals surface area contributed by atoms with E-state index in [1.54, 1.807) is 0 Å². The van der Waals surface area contributed by atoms with Crippen LogP contribution in [0, 0.1) is 0 Å². The van der Waals surface area contributed by atoms with E-state index in [9.17, 15) is 30.3 Å². The number of benzene rings is 2. The quantitative estimate of drug-likeness (QED) is 0.179. The highest BCUT2D eigenvalue weighted by Gasteiger charge is 2.19. The van der Waals surface area contributed by atoms with Crippen LogP contribution in [0.2, 0.25) is 0 Å². The third kappa shape index (κ3) is 20.0. The Balaban J connectivity index is -0.000000622. The summed E-state index contributed by atoms with van der Waals surface area (Å²) in [6, 6.07) is 5.64. The van der Waals surface area contributed by atoms with Crippen LogP contribution in [0.15, 0.2) is 39.5 Å². The molecule has 0 amide bonds. The Morgan fingerprint density at radius 1 is 0.571 bits per heavy atom. The highest BCUT2D eigenvalue weighted by molar-refractivity contribution is 5.88. The summed E-state index contributed by atoms with van der Waals surface area (Å²) in [6.07, 6.45) is 0. The first-order chi connectivity index (χ1) is 19.0. The lowest BCUT2D eigenvalue weighted by atomic mass is 10.1. The van der Waals surface area contributed by atoms with Gasteiger partial charge in [-0.25, -0.2) is 0 Å². The van der Waals surface area contributed by atoms with Crippen molar-refractivity contribution < 1.29 is 79.5 Å². The van der Waals surface area contributed by atoms with Gasteiger partial charge < -0.3 is 55.5 Å². The van der Waals surface area contributed by atoms with E-state index in [-0.39, 0.29) is 33.8 Å². The molecule has 0 spiro atoms. The molecule has 17 heteroatoms. The molecule has 42 heavy (non-hydrogen) atoms. The molecule has 10 N–H and O–H groups in total. The molecule has 0 saturated heterocycles. The van der Waals surface area contributed by atoms with Gasteiger partial charge in [-0.05, 0) is 18.2 Å². The van der Waals surface area contributed by atoms with Crippen molar-refractivity contribution in [2.75, 3.05) is 0 Å². The van der Waals surface area contributed by atoms with Gasteiger partial charge in [0.05, 0.1) is 0 Å². The second kappa shape index (κ2) is 20.0. The van der Waals surface area contributed by atoms with Crippen LogP contribution >= 0.6 is 0 Å². The number of aromatic hydroxyl groups is 5. The number of hydrogen-bond acceptors (Lipinski definition) is 12. The van der Waals surface area contributed by atoms with Crippen molar-refractivity contribution in [1.29, 1.82) is 0 Å². The first kappa shape index (κ1) is 40.5. The molecule has 0 unspecified atom stereocenters. The topological polar surface area (TPSA) is 318 Å². The molecule has 0 fully saturated rings. The van der Waals surface area contributed by atoms with Crippen molar-refractivity contribution >= 4 is 40.8 Å². The van der Waals surface area contributed by atoms with Crippen molar-refractivity contribution in [2.45, 2.75) is 34.6 Å². The largest absolute Gasteiger partial charge is 0.508 e. The minimum Gasteiger partial charge on any atom is -0.508 e. The van der Waals surface area contributed by atoms with Crippen LogP contribution in [0.25, 0.3) is 22.3 Å².